The summed E-state index contributed by atoms with van der Waals surface area (Å²) < 4.78 is 270. The third kappa shape index (κ3) is 8.51. The topological polar surface area (TPSA) is 56.2 Å². The van der Waals surface area contributed by atoms with Gasteiger partial charge in [-0.15, -0.1) is 0 Å². The molecule has 1 aliphatic carbocycles. The zero-order valence-corrected chi connectivity index (χ0v) is 35.5. The van der Waals surface area contributed by atoms with E-state index in [1.807, 2.05) is 0 Å². The predicted octanol–water partition coefficient (Wildman–Crippen LogP) is 15.5. The van der Waals surface area contributed by atoms with Crippen molar-refractivity contribution in [2.24, 2.45) is 0 Å². The minimum absolute atomic E-state index is 0.00546. The number of hydrogen-bond donors (Lipinski definition) is 0. The number of aromatic nitrogens is 3. The van der Waals surface area contributed by atoms with Crippen molar-refractivity contribution in [1.29, 1.82) is 0 Å². The van der Waals surface area contributed by atoms with Crippen LogP contribution in [0, 0.1) is 20.3 Å². The Morgan fingerprint density at radius 2 is 1.18 bits per heavy atom. The van der Waals surface area contributed by atoms with Crippen LogP contribution in [0.5, 0.6) is 0 Å². The Morgan fingerprint density at radius 1 is 0.588 bits per heavy atom. The van der Waals surface area contributed by atoms with Gasteiger partial charge in [-0.25, -0.2) is 4.85 Å². The zero-order chi connectivity index (χ0) is 71.5. The first kappa shape index (κ1) is 21.3. The Labute approximate surface area is 439 Å². The summed E-state index contributed by atoms with van der Waals surface area (Å²) in [5, 5.41) is -0.293. The van der Waals surface area contributed by atoms with Gasteiger partial charge in [0.25, 0.3) is 0 Å². The molecule has 330 valence electrons. The van der Waals surface area contributed by atoms with E-state index in [1.54, 1.807) is 60.7 Å². The summed E-state index contributed by atoms with van der Waals surface area (Å²) in [4.78, 5) is 16.7. The summed E-state index contributed by atoms with van der Waals surface area (Å²) >= 11 is 0. The maximum atomic E-state index is 9.69. The predicted molar refractivity (Wildman–Crippen MR) is 278 cm³/mol. The largest absolute Gasteiger partial charge is 0.456 e. The van der Waals surface area contributed by atoms with Crippen LogP contribution in [0.4, 0.5) is 5.69 Å². The lowest BCUT2D eigenvalue weighted by Gasteiger charge is -2.13. The molecule has 1 aliphatic rings. The fourth-order valence-corrected chi connectivity index (χ4v) is 7.88. The van der Waals surface area contributed by atoms with Crippen molar-refractivity contribution in [3.05, 3.63) is 237 Å². The van der Waals surface area contributed by atoms with Crippen LogP contribution in [-0.4, -0.2) is 15.0 Å². The van der Waals surface area contributed by atoms with Crippen LogP contribution in [-0.2, 0) is 51.0 Å². The van der Waals surface area contributed by atoms with E-state index in [4.69, 9.17) is 34.3 Å². The Hall–Kier alpha value is -7.94. The highest BCUT2D eigenvalue weighted by Crippen LogP contribution is 2.50. The lowest BCUT2D eigenvalue weighted by atomic mass is 9.91. The molecule has 0 N–H and O–H groups in total. The van der Waals surface area contributed by atoms with Crippen LogP contribution < -0.4 is 0 Å². The van der Waals surface area contributed by atoms with Gasteiger partial charge in [-0.05, 0) is 162 Å². The van der Waals surface area contributed by atoms with E-state index < -0.39 is 179 Å². The minimum atomic E-state index is -3.60. The van der Waals surface area contributed by atoms with Gasteiger partial charge < -0.3 is 4.42 Å². The number of nitrogens with zero attached hydrogens (tertiary/aromatic N) is 4. The first-order chi connectivity index (χ1) is 44.8. The van der Waals surface area contributed by atoms with E-state index in [0.717, 1.165) is 36.8 Å². The van der Waals surface area contributed by atoms with Crippen LogP contribution in [0.15, 0.2) is 175 Å². The van der Waals surface area contributed by atoms with Gasteiger partial charge in [0.15, 0.2) is 0 Å². The van der Waals surface area contributed by atoms with E-state index >= 15 is 0 Å². The van der Waals surface area contributed by atoms with E-state index in [-0.39, 0.29) is 39.0 Å². The molecule has 0 atom stereocenters. The highest BCUT2D eigenvalue weighted by Gasteiger charge is 2.28. The summed E-state index contributed by atoms with van der Waals surface area (Å²) in [6.07, 6.45) is -28.7. The minimum Gasteiger partial charge on any atom is -0.456 e. The van der Waals surface area contributed by atoms with Crippen molar-refractivity contribution < 1.29 is 44.2 Å². The number of pyridine rings is 3. The van der Waals surface area contributed by atoms with Gasteiger partial charge in [0, 0.05) is 79.0 Å². The summed E-state index contributed by atoms with van der Waals surface area (Å²) in [5.41, 5.74) is -9.99. The van der Waals surface area contributed by atoms with Crippen molar-refractivity contribution in [2.45, 2.75) is 71.1 Å². The van der Waals surface area contributed by atoms with Crippen LogP contribution in [0.2, 0.25) is 0 Å². The van der Waals surface area contributed by atoms with Gasteiger partial charge in [0.1, 0.15) is 11.2 Å². The molecule has 4 aromatic heterocycles. The summed E-state index contributed by atoms with van der Waals surface area (Å²) in [5.74, 6) is 0. The van der Waals surface area contributed by atoms with Gasteiger partial charge in [0.05, 0.1) is 30.5 Å². The molecule has 4 heterocycles. The number of hydrogen-bond acceptors (Lipinski definition) is 4. The van der Waals surface area contributed by atoms with E-state index in [9.17, 15) is 16.4 Å². The summed E-state index contributed by atoms with van der Waals surface area (Å²) in [6, 6.07) is 22.5. The number of aryl methyl sites for hydroxylation is 9. The molecule has 11 rings (SSSR count). The highest BCUT2D eigenvalue weighted by molar-refractivity contribution is 6.19. The van der Waals surface area contributed by atoms with Crippen LogP contribution in [0.1, 0.15) is 102 Å². The molecule has 0 fully saturated rings. The van der Waals surface area contributed by atoms with Crippen molar-refractivity contribution >= 4 is 27.6 Å². The van der Waals surface area contributed by atoms with Crippen LogP contribution in [0.3, 0.4) is 0 Å². The molecule has 0 radical (unpaired) electrons. The number of furan rings is 1. The molecule has 0 saturated carbocycles. The molecule has 0 unspecified atom stereocenters. The Kier molecular flexibility index (Phi) is 5.88. The average molecular weight is 910 g/mol. The first-order valence-corrected chi connectivity index (χ1v) is 21.0. The molecule has 6 aromatic carbocycles. The number of para-hydroxylation sites is 1. The standard InChI is InChI=1S/C63H52N4O/c1-41-33-57(47-15-7-4-8-16-47)66-39-50(41)30-27-45-35-44(36-46(37-45)28-31-51-40-67-58(34-42(51)2)48-17-9-5-10-18-48)26-25-43-29-32-56(65-38-43)54-23-14-24-55-60-61(64-3)59(49-19-11-6-12-20-49)52-21-13-22-53(52)63(60)68-62(54)55/h4-12,14-20,23-24,29,32-40H,13,21-22,25-28,30-31H2,1-2H3/i1D3,2D3,6D,11D,12D,13D2,19D,20D,21D2,22D2,25D2,26D2,27D2,28D2,30D2,31D2. The SMILES string of the molecule is [2H]c1c([2H])c([2H])c(-c2c3c(c4oc5c(-c6ccc(C([2H])([2H])C([2H])([2H])c7cc(C([2H])([2H])C([2H])([2H])c8cnc(-c9ccccc9)cc8C([2H])([2H])[2H])cc(C([2H])([2H])C([2H])([2H])c8cnc(-c9ccccc9)cc8C([2H])([2H])[2H])c7)cn6)cccc5c4c2[N+]#[C-])C([2H])([2H])C([2H])([2H])C3([2H])[2H])c([2H])c1[2H]. The summed E-state index contributed by atoms with van der Waals surface area (Å²) in [7, 11) is 0. The van der Waals surface area contributed by atoms with Crippen molar-refractivity contribution in [1.82, 2.24) is 15.0 Å². The van der Waals surface area contributed by atoms with Crippen molar-refractivity contribution in [2.75, 3.05) is 0 Å². The number of benzene rings is 6. The van der Waals surface area contributed by atoms with E-state index in [1.165, 1.54) is 24.3 Å². The second-order valence-corrected chi connectivity index (χ2v) is 15.4. The van der Waals surface area contributed by atoms with Gasteiger partial charge in [-0.1, -0.05) is 127 Å². The molecule has 5 heteroatoms. The van der Waals surface area contributed by atoms with Gasteiger partial charge in [-0.3, -0.25) is 15.0 Å². The van der Waals surface area contributed by atoms with Gasteiger partial charge in [0.2, 0.25) is 5.69 Å². The third-order valence-corrected chi connectivity index (χ3v) is 11.1. The molecule has 0 amide bonds. The first-order valence-electron chi connectivity index (χ1n) is 35.5. The molecule has 0 saturated heterocycles. The fraction of sp³-hybridized carbons (Fsp3) is 0.175. The maximum Gasteiger partial charge on any atom is 0.206 e. The summed E-state index contributed by atoms with van der Waals surface area (Å²) in [6.45, 7) is 2.19. The lowest BCUT2D eigenvalue weighted by Crippen LogP contribution is -2.02. The third-order valence-electron chi connectivity index (χ3n) is 11.1. The van der Waals surface area contributed by atoms with Crippen LogP contribution >= 0.6 is 0 Å². The molecule has 10 aromatic rings. The Balaban J connectivity index is 1.08. The lowest BCUT2D eigenvalue weighted by molar-refractivity contribution is 0.664. The molecule has 0 bridgehead atoms. The fourth-order valence-electron chi connectivity index (χ4n) is 7.88. The molecule has 0 spiro atoms. The average Bonchev–Trinajstić information content (AvgIpc) is 1.51. The number of fused-ring (bicyclic) bond motifs is 5. The highest BCUT2D eigenvalue weighted by atomic mass is 16.3. The molecule has 5 nitrogen and oxygen atoms in total. The van der Waals surface area contributed by atoms with E-state index in [0.29, 0.717) is 29.3 Å². The number of rotatable bonds is 13. The maximum absolute atomic E-state index is 9.69. The Morgan fingerprint density at radius 3 is 1.76 bits per heavy atom. The smallest absolute Gasteiger partial charge is 0.206 e. The molecule has 68 heavy (non-hydrogen) atoms. The van der Waals surface area contributed by atoms with Crippen LogP contribution in [0.25, 0.3) is 71.7 Å². The van der Waals surface area contributed by atoms with Gasteiger partial charge >= 0.3 is 0 Å². The molecular formula is C63H52N4O. The van der Waals surface area contributed by atoms with Gasteiger partial charge in [-0.2, -0.15) is 0 Å². The Bertz CT molecular complexity index is 4730. The van der Waals surface area contributed by atoms with Crippen molar-refractivity contribution in [3.8, 4) is 44.9 Å². The monoisotopic (exact) mass is 910 g/mol. The van der Waals surface area contributed by atoms with Crippen molar-refractivity contribution in [3.63, 3.8) is 0 Å². The molecular weight excluding hydrogens is 829 g/mol. The molecule has 0 aliphatic heterocycles. The van der Waals surface area contributed by atoms with E-state index in [2.05, 4.69) is 19.8 Å². The zero-order valence-electron chi connectivity index (χ0n) is 64.5. The second kappa shape index (κ2) is 18.7. The normalized spacial score (nSPS) is 22.2. The second-order valence-electron chi connectivity index (χ2n) is 15.4. The quantitative estimate of drug-likeness (QED) is 0.108.